The summed E-state index contributed by atoms with van der Waals surface area (Å²) in [7, 11) is 1.72. The molecule has 0 aliphatic rings. The summed E-state index contributed by atoms with van der Waals surface area (Å²) in [5.41, 5.74) is -0.185. The molecule has 0 amide bonds. The summed E-state index contributed by atoms with van der Waals surface area (Å²) in [4.78, 5) is 23.3. The van der Waals surface area contributed by atoms with Crippen LogP contribution in [0, 0.1) is 11.9 Å². The number of hydrogen-bond acceptors (Lipinski definition) is 6. The van der Waals surface area contributed by atoms with Crippen LogP contribution in [0.25, 0.3) is 0 Å². The van der Waals surface area contributed by atoms with Crippen LogP contribution in [0.15, 0.2) is 36.7 Å². The van der Waals surface area contributed by atoms with Gasteiger partial charge in [-0.15, -0.1) is 0 Å². The van der Waals surface area contributed by atoms with Gasteiger partial charge in [0.1, 0.15) is 11.5 Å². The highest BCUT2D eigenvalue weighted by Crippen LogP contribution is 2.14. The first-order valence-electron chi connectivity index (χ1n) is 6.49. The molecule has 3 aromatic rings. The first kappa shape index (κ1) is 14.7. The van der Waals surface area contributed by atoms with E-state index in [0.717, 1.165) is 12.1 Å². The van der Waals surface area contributed by atoms with Crippen LogP contribution < -0.4 is 5.32 Å². The van der Waals surface area contributed by atoms with Crippen molar-refractivity contribution in [3.05, 3.63) is 59.8 Å². The lowest BCUT2D eigenvalue weighted by Crippen LogP contribution is -2.09. The molecule has 116 valence electrons. The zero-order chi connectivity index (χ0) is 16.4. The second-order valence-electron chi connectivity index (χ2n) is 4.56. The Morgan fingerprint density at radius 2 is 1.87 bits per heavy atom. The molecular formula is C14H10F2N6O. The van der Waals surface area contributed by atoms with Crippen LogP contribution >= 0.6 is 0 Å². The number of halogens is 2. The molecule has 0 atom stereocenters. The van der Waals surface area contributed by atoms with Gasteiger partial charge < -0.3 is 5.32 Å². The van der Waals surface area contributed by atoms with Crippen molar-refractivity contribution in [1.82, 2.24) is 24.7 Å². The maximum absolute atomic E-state index is 13.1. The second kappa shape index (κ2) is 5.87. The van der Waals surface area contributed by atoms with Gasteiger partial charge in [-0.25, -0.2) is 9.97 Å². The zero-order valence-electron chi connectivity index (χ0n) is 11.9. The van der Waals surface area contributed by atoms with Crippen LogP contribution in [0.4, 0.5) is 20.5 Å². The molecule has 23 heavy (non-hydrogen) atoms. The van der Waals surface area contributed by atoms with Gasteiger partial charge >= 0.3 is 0 Å². The third-order valence-electron chi connectivity index (χ3n) is 2.97. The summed E-state index contributed by atoms with van der Waals surface area (Å²) in [6.45, 7) is 0. The van der Waals surface area contributed by atoms with E-state index in [1.165, 1.54) is 12.3 Å². The average molecular weight is 316 g/mol. The minimum atomic E-state index is -1.07. The Morgan fingerprint density at radius 3 is 2.52 bits per heavy atom. The van der Waals surface area contributed by atoms with Crippen LogP contribution in [-0.4, -0.2) is 30.5 Å². The molecule has 3 aromatic heterocycles. The highest BCUT2D eigenvalue weighted by Gasteiger charge is 2.15. The second-order valence-corrected chi connectivity index (χ2v) is 4.56. The predicted octanol–water partition coefficient (Wildman–Crippen LogP) is 1.86. The number of hydrogen-bond donors (Lipinski definition) is 1. The van der Waals surface area contributed by atoms with E-state index in [0.29, 0.717) is 5.82 Å². The molecule has 0 spiro atoms. The van der Waals surface area contributed by atoms with E-state index in [1.54, 1.807) is 24.0 Å². The van der Waals surface area contributed by atoms with E-state index in [-0.39, 0.29) is 17.2 Å². The minimum Gasteiger partial charge on any atom is -0.309 e. The van der Waals surface area contributed by atoms with Gasteiger partial charge in [0.2, 0.25) is 23.6 Å². The van der Waals surface area contributed by atoms with Gasteiger partial charge in [-0.1, -0.05) is 0 Å². The van der Waals surface area contributed by atoms with Gasteiger partial charge in [-0.05, 0) is 6.07 Å². The third-order valence-corrected chi connectivity index (χ3v) is 2.97. The van der Waals surface area contributed by atoms with Crippen molar-refractivity contribution >= 4 is 17.5 Å². The first-order chi connectivity index (χ1) is 11.0. The molecular weight excluding hydrogens is 306 g/mol. The van der Waals surface area contributed by atoms with E-state index in [2.05, 4.69) is 25.4 Å². The van der Waals surface area contributed by atoms with Crippen molar-refractivity contribution in [3.63, 3.8) is 0 Å². The molecule has 7 nitrogen and oxygen atoms in total. The Labute approximate surface area is 129 Å². The molecule has 0 radical (unpaired) electrons. The molecule has 1 N–H and O–H groups in total. The van der Waals surface area contributed by atoms with Gasteiger partial charge in [0, 0.05) is 37.0 Å². The number of carbonyl (C=O) groups excluding carboxylic acids is 1. The number of ketones is 1. The Bertz CT molecular complexity index is 859. The molecule has 0 fully saturated rings. The Morgan fingerprint density at radius 1 is 1.13 bits per heavy atom. The van der Waals surface area contributed by atoms with E-state index in [1.807, 2.05) is 0 Å². The maximum atomic E-state index is 13.1. The highest BCUT2D eigenvalue weighted by molar-refractivity contribution is 6.07. The smallest absolute Gasteiger partial charge is 0.228 e. The summed E-state index contributed by atoms with van der Waals surface area (Å²) >= 11 is 0. The number of aromatic nitrogens is 5. The number of aryl methyl sites for hydroxylation is 1. The average Bonchev–Trinajstić information content (AvgIpc) is 2.91. The highest BCUT2D eigenvalue weighted by atomic mass is 19.1. The lowest BCUT2D eigenvalue weighted by molar-refractivity contribution is 0.103. The van der Waals surface area contributed by atoms with Gasteiger partial charge in [0.25, 0.3) is 0 Å². The summed E-state index contributed by atoms with van der Waals surface area (Å²) < 4.78 is 27.8. The molecule has 0 aromatic carbocycles. The number of pyridine rings is 1. The standard InChI is InChI=1S/C14H10F2N6O/c1-22-12(3-5-18-22)21-14-17-4-2-9(19-14)13(23)8-6-10(15)20-11(16)7-8/h2-7H,1H3,(H,17,19,21). The van der Waals surface area contributed by atoms with E-state index >= 15 is 0 Å². The summed E-state index contributed by atoms with van der Waals surface area (Å²) in [5, 5.41) is 6.87. The first-order valence-corrected chi connectivity index (χ1v) is 6.49. The third kappa shape index (κ3) is 3.18. The van der Waals surface area contributed by atoms with Crippen molar-refractivity contribution < 1.29 is 13.6 Å². The van der Waals surface area contributed by atoms with Crippen LogP contribution in [0.5, 0.6) is 0 Å². The van der Waals surface area contributed by atoms with Crippen LogP contribution in [0.1, 0.15) is 16.1 Å². The SMILES string of the molecule is Cn1nccc1Nc1nccc(C(=O)c2cc(F)nc(F)c2)n1. The monoisotopic (exact) mass is 316 g/mol. The van der Waals surface area contributed by atoms with Crippen molar-refractivity contribution in [2.24, 2.45) is 7.05 Å². The van der Waals surface area contributed by atoms with E-state index in [4.69, 9.17) is 0 Å². The molecule has 9 heteroatoms. The van der Waals surface area contributed by atoms with Crippen LogP contribution in [0.3, 0.4) is 0 Å². The Hall–Kier alpha value is -3.23. The van der Waals surface area contributed by atoms with Gasteiger partial charge in [-0.3, -0.25) is 9.48 Å². The van der Waals surface area contributed by atoms with Crippen LogP contribution in [-0.2, 0) is 7.05 Å². The number of anilines is 2. The van der Waals surface area contributed by atoms with Gasteiger partial charge in [-0.2, -0.15) is 18.9 Å². The minimum absolute atomic E-state index is 0.00494. The molecule has 0 unspecified atom stereocenters. The lowest BCUT2D eigenvalue weighted by Gasteiger charge is -2.06. The number of rotatable bonds is 4. The lowest BCUT2D eigenvalue weighted by atomic mass is 10.1. The molecule has 0 bridgehead atoms. The van der Waals surface area contributed by atoms with E-state index < -0.39 is 17.7 Å². The fourth-order valence-corrected chi connectivity index (χ4v) is 1.90. The van der Waals surface area contributed by atoms with Crippen LogP contribution in [0.2, 0.25) is 0 Å². The number of nitrogens with one attached hydrogen (secondary N) is 1. The van der Waals surface area contributed by atoms with Gasteiger partial charge in [0.15, 0.2) is 0 Å². The largest absolute Gasteiger partial charge is 0.309 e. The number of nitrogens with zero attached hydrogens (tertiary/aromatic N) is 5. The quantitative estimate of drug-likeness (QED) is 0.584. The van der Waals surface area contributed by atoms with Gasteiger partial charge in [0.05, 0.1) is 6.20 Å². The molecule has 3 rings (SSSR count). The van der Waals surface area contributed by atoms with Crippen molar-refractivity contribution in [2.75, 3.05) is 5.32 Å². The summed E-state index contributed by atoms with van der Waals surface area (Å²) in [6, 6.07) is 4.75. The normalized spacial score (nSPS) is 10.6. The van der Waals surface area contributed by atoms with Crippen molar-refractivity contribution in [2.45, 2.75) is 0 Å². The maximum Gasteiger partial charge on any atom is 0.228 e. The molecule has 3 heterocycles. The number of carbonyl (C=O) groups is 1. The summed E-state index contributed by atoms with van der Waals surface area (Å²) in [6.07, 6.45) is 2.95. The predicted molar refractivity (Wildman–Crippen MR) is 76.1 cm³/mol. The Balaban J connectivity index is 1.90. The van der Waals surface area contributed by atoms with Crippen molar-refractivity contribution in [3.8, 4) is 0 Å². The molecule has 0 saturated heterocycles. The molecule has 0 aliphatic heterocycles. The fraction of sp³-hybridized carbons (Fsp3) is 0.0714. The molecule has 0 saturated carbocycles. The van der Waals surface area contributed by atoms with E-state index in [9.17, 15) is 13.6 Å². The molecule has 0 aliphatic carbocycles. The van der Waals surface area contributed by atoms with Crippen molar-refractivity contribution in [1.29, 1.82) is 0 Å². The topological polar surface area (TPSA) is 85.6 Å². The zero-order valence-corrected chi connectivity index (χ0v) is 11.9. The fourth-order valence-electron chi connectivity index (χ4n) is 1.90. The Kier molecular flexibility index (Phi) is 3.75. The summed E-state index contributed by atoms with van der Waals surface area (Å²) in [5.74, 6) is -2.00.